The monoisotopic (exact) mass is 291 g/mol. The number of fused-ring (bicyclic) bond motifs is 2. The Balaban J connectivity index is 2.03. The number of nitrogens with zero attached hydrogens (tertiary/aromatic N) is 1. The van der Waals surface area contributed by atoms with Crippen molar-refractivity contribution in [2.75, 3.05) is 0 Å². The van der Waals surface area contributed by atoms with E-state index in [9.17, 15) is 4.79 Å². The van der Waals surface area contributed by atoms with Crippen LogP contribution in [0.25, 0.3) is 10.9 Å². The molecule has 3 aromatic rings. The molecule has 2 heterocycles. The number of esters is 1. The van der Waals surface area contributed by atoms with Crippen molar-refractivity contribution in [1.29, 1.82) is 0 Å². The fourth-order valence-corrected chi connectivity index (χ4v) is 3.61. The second kappa shape index (κ2) is 4.73. The summed E-state index contributed by atoms with van der Waals surface area (Å²) in [6.45, 7) is 5.10. The van der Waals surface area contributed by atoms with Crippen molar-refractivity contribution >= 4 is 16.9 Å². The first-order chi connectivity index (χ1) is 10.7. The lowest BCUT2D eigenvalue weighted by Crippen LogP contribution is -2.12. The molecule has 0 spiro atoms. The molecule has 0 saturated carbocycles. The third-order valence-corrected chi connectivity index (χ3v) is 4.56. The van der Waals surface area contributed by atoms with Gasteiger partial charge >= 0.3 is 5.97 Å². The van der Waals surface area contributed by atoms with Gasteiger partial charge in [-0.3, -0.25) is 4.79 Å². The zero-order valence-electron chi connectivity index (χ0n) is 12.7. The summed E-state index contributed by atoms with van der Waals surface area (Å²) in [4.78, 5) is 12.5. The number of hydrogen-bond acceptors (Lipinski definition) is 2. The molecule has 0 bridgehead atoms. The predicted octanol–water partition coefficient (Wildman–Crippen LogP) is 4.02. The van der Waals surface area contributed by atoms with E-state index in [4.69, 9.17) is 4.74 Å². The summed E-state index contributed by atoms with van der Waals surface area (Å²) < 4.78 is 7.74. The summed E-state index contributed by atoms with van der Waals surface area (Å²) in [7, 11) is 0. The van der Waals surface area contributed by atoms with Crippen molar-refractivity contribution in [3.8, 4) is 5.75 Å². The van der Waals surface area contributed by atoms with E-state index in [1.54, 1.807) is 0 Å². The van der Waals surface area contributed by atoms with E-state index in [-0.39, 0.29) is 11.9 Å². The Morgan fingerprint density at radius 1 is 1.09 bits per heavy atom. The standard InChI is InChI=1S/C19H17NO2/c1-3-20-12(2)17(13-8-4-6-10-15(13)20)18-14-9-5-7-11-16(14)22-19(18)21/h4-11,18H,3H2,1-2H3. The lowest BCUT2D eigenvalue weighted by Gasteiger charge is -2.09. The molecular weight excluding hydrogens is 274 g/mol. The highest BCUT2D eigenvalue weighted by Crippen LogP contribution is 2.43. The maximum atomic E-state index is 12.5. The van der Waals surface area contributed by atoms with Gasteiger partial charge in [0.05, 0.1) is 0 Å². The van der Waals surface area contributed by atoms with E-state index < -0.39 is 0 Å². The molecule has 3 nitrogen and oxygen atoms in total. The fraction of sp³-hybridized carbons (Fsp3) is 0.211. The largest absolute Gasteiger partial charge is 0.425 e. The third-order valence-electron chi connectivity index (χ3n) is 4.56. The minimum absolute atomic E-state index is 0.177. The van der Waals surface area contributed by atoms with E-state index in [0.29, 0.717) is 5.75 Å². The molecule has 0 fully saturated rings. The molecule has 1 aliphatic rings. The summed E-state index contributed by atoms with van der Waals surface area (Å²) in [5.41, 5.74) is 4.36. The molecular formula is C19H17NO2. The lowest BCUT2D eigenvalue weighted by molar-refractivity contribution is -0.133. The Hall–Kier alpha value is -2.55. The summed E-state index contributed by atoms with van der Waals surface area (Å²) >= 11 is 0. The maximum absolute atomic E-state index is 12.5. The first-order valence-corrected chi connectivity index (χ1v) is 7.60. The average molecular weight is 291 g/mol. The Labute approximate surface area is 129 Å². The second-order valence-electron chi connectivity index (χ2n) is 5.65. The summed E-state index contributed by atoms with van der Waals surface area (Å²) in [5.74, 6) is 0.183. The number of carbonyl (C=O) groups excluding carboxylic acids is 1. The van der Waals surface area contributed by atoms with Gasteiger partial charge in [0.1, 0.15) is 11.7 Å². The van der Waals surface area contributed by atoms with Crippen LogP contribution in [0.15, 0.2) is 48.5 Å². The van der Waals surface area contributed by atoms with Crippen molar-refractivity contribution < 1.29 is 9.53 Å². The fourth-order valence-electron chi connectivity index (χ4n) is 3.61. The summed E-state index contributed by atoms with van der Waals surface area (Å²) in [6.07, 6.45) is 0. The molecule has 22 heavy (non-hydrogen) atoms. The Bertz CT molecular complexity index is 892. The Kier molecular flexibility index (Phi) is 2.83. The van der Waals surface area contributed by atoms with Gasteiger partial charge in [0.15, 0.2) is 0 Å². The number of ether oxygens (including phenoxy) is 1. The quantitative estimate of drug-likeness (QED) is 0.527. The molecule has 2 aromatic carbocycles. The van der Waals surface area contributed by atoms with Crippen LogP contribution in [0.3, 0.4) is 0 Å². The molecule has 110 valence electrons. The first kappa shape index (κ1) is 13.1. The van der Waals surface area contributed by atoms with Crippen LogP contribution < -0.4 is 4.74 Å². The molecule has 3 heteroatoms. The normalized spacial score (nSPS) is 16.8. The highest BCUT2D eigenvalue weighted by molar-refractivity contribution is 5.97. The first-order valence-electron chi connectivity index (χ1n) is 7.60. The van der Waals surface area contributed by atoms with Gasteiger partial charge in [-0.05, 0) is 31.5 Å². The molecule has 1 atom stereocenters. The van der Waals surface area contributed by atoms with Crippen molar-refractivity contribution in [1.82, 2.24) is 4.57 Å². The van der Waals surface area contributed by atoms with Crippen LogP contribution >= 0.6 is 0 Å². The van der Waals surface area contributed by atoms with Gasteiger partial charge < -0.3 is 9.30 Å². The molecule has 4 rings (SSSR count). The van der Waals surface area contributed by atoms with E-state index >= 15 is 0 Å². The van der Waals surface area contributed by atoms with Gasteiger partial charge in [-0.15, -0.1) is 0 Å². The zero-order valence-corrected chi connectivity index (χ0v) is 12.7. The van der Waals surface area contributed by atoms with E-state index in [2.05, 4.69) is 30.5 Å². The van der Waals surface area contributed by atoms with Crippen LogP contribution in [0.4, 0.5) is 0 Å². The van der Waals surface area contributed by atoms with E-state index in [0.717, 1.165) is 28.8 Å². The molecule has 1 aromatic heterocycles. The van der Waals surface area contributed by atoms with Gasteiger partial charge in [0.25, 0.3) is 0 Å². The molecule has 0 amide bonds. The van der Waals surface area contributed by atoms with E-state index in [1.807, 2.05) is 36.4 Å². The van der Waals surface area contributed by atoms with Crippen LogP contribution in [0.1, 0.15) is 29.7 Å². The third kappa shape index (κ3) is 1.65. The summed E-state index contributed by atoms with van der Waals surface area (Å²) in [6, 6.07) is 16.0. The highest BCUT2D eigenvalue weighted by Gasteiger charge is 2.37. The zero-order chi connectivity index (χ0) is 15.3. The van der Waals surface area contributed by atoms with Crippen molar-refractivity contribution in [2.24, 2.45) is 0 Å². The number of aromatic nitrogens is 1. The predicted molar refractivity (Wildman–Crippen MR) is 86.3 cm³/mol. The Morgan fingerprint density at radius 2 is 1.82 bits per heavy atom. The number of para-hydroxylation sites is 2. The van der Waals surface area contributed by atoms with Gasteiger partial charge in [0.2, 0.25) is 0 Å². The number of hydrogen-bond donors (Lipinski definition) is 0. The van der Waals surface area contributed by atoms with E-state index in [1.165, 1.54) is 5.52 Å². The minimum atomic E-state index is -0.325. The van der Waals surface area contributed by atoms with Gasteiger partial charge in [-0.25, -0.2) is 0 Å². The second-order valence-corrected chi connectivity index (χ2v) is 5.65. The van der Waals surface area contributed by atoms with Crippen LogP contribution in [-0.4, -0.2) is 10.5 Å². The van der Waals surface area contributed by atoms with Crippen LogP contribution in [-0.2, 0) is 11.3 Å². The molecule has 0 N–H and O–H groups in total. The number of rotatable bonds is 2. The lowest BCUT2D eigenvalue weighted by atomic mass is 9.90. The smallest absolute Gasteiger partial charge is 0.323 e. The summed E-state index contributed by atoms with van der Waals surface area (Å²) in [5, 5.41) is 1.14. The van der Waals surface area contributed by atoms with Crippen LogP contribution in [0.2, 0.25) is 0 Å². The molecule has 0 saturated heterocycles. The minimum Gasteiger partial charge on any atom is -0.425 e. The van der Waals surface area contributed by atoms with Gasteiger partial charge in [-0.2, -0.15) is 0 Å². The Morgan fingerprint density at radius 3 is 2.64 bits per heavy atom. The maximum Gasteiger partial charge on any atom is 0.323 e. The number of aryl methyl sites for hydroxylation is 1. The number of benzene rings is 2. The molecule has 0 radical (unpaired) electrons. The van der Waals surface area contributed by atoms with Gasteiger partial charge in [0, 0.05) is 28.7 Å². The molecule has 1 aliphatic heterocycles. The van der Waals surface area contributed by atoms with Crippen molar-refractivity contribution in [2.45, 2.75) is 26.3 Å². The van der Waals surface area contributed by atoms with Crippen molar-refractivity contribution in [3.05, 3.63) is 65.4 Å². The highest BCUT2D eigenvalue weighted by atomic mass is 16.5. The molecule has 1 unspecified atom stereocenters. The van der Waals surface area contributed by atoms with Crippen LogP contribution in [0.5, 0.6) is 5.75 Å². The average Bonchev–Trinajstić information content (AvgIpc) is 3.00. The van der Waals surface area contributed by atoms with Crippen molar-refractivity contribution in [3.63, 3.8) is 0 Å². The SMILES string of the molecule is CCn1c(C)c(C2C(=O)Oc3ccccc32)c2ccccc21. The number of carbonyl (C=O) groups is 1. The topological polar surface area (TPSA) is 31.2 Å². The van der Waals surface area contributed by atoms with Gasteiger partial charge in [-0.1, -0.05) is 36.4 Å². The van der Waals surface area contributed by atoms with Crippen LogP contribution in [0, 0.1) is 6.92 Å². The molecule has 0 aliphatic carbocycles.